The molecule has 2 saturated carbocycles. The largest absolute Gasteiger partial charge is 0.203 e. The first-order valence-electron chi connectivity index (χ1n) is 15.1. The molecular weight excluding hydrogens is 422 g/mol. The van der Waals surface area contributed by atoms with Gasteiger partial charge < -0.3 is 0 Å². The van der Waals surface area contributed by atoms with E-state index >= 15 is 0 Å². The van der Waals surface area contributed by atoms with Gasteiger partial charge in [-0.2, -0.15) is 0 Å². The lowest BCUT2D eigenvalue weighted by atomic mass is 9.77. The van der Waals surface area contributed by atoms with Crippen molar-refractivity contribution in [2.75, 3.05) is 0 Å². The second-order valence-electron chi connectivity index (χ2n) is 11.9. The highest BCUT2D eigenvalue weighted by atomic mass is 19.2. The zero-order valence-electron chi connectivity index (χ0n) is 22.4. The van der Waals surface area contributed by atoms with Crippen LogP contribution in [0.2, 0.25) is 0 Å². The maximum Gasteiger partial charge on any atom is 0.162 e. The summed E-state index contributed by atoms with van der Waals surface area (Å²) in [6, 6.07) is 3.77. The zero-order chi connectivity index (χ0) is 24.2. The Kier molecular flexibility index (Phi) is 12.4. The minimum absolute atomic E-state index is 0.564. The molecular formula is C32H52F2. The van der Waals surface area contributed by atoms with Gasteiger partial charge in [0.15, 0.2) is 11.6 Å². The molecule has 2 aliphatic rings. The summed E-state index contributed by atoms with van der Waals surface area (Å²) in [4.78, 5) is 0. The topological polar surface area (TPSA) is 0 Å². The van der Waals surface area contributed by atoms with E-state index in [-0.39, 0.29) is 0 Å². The first kappa shape index (κ1) is 27.7. The van der Waals surface area contributed by atoms with Gasteiger partial charge in [0.1, 0.15) is 0 Å². The van der Waals surface area contributed by atoms with Gasteiger partial charge in [-0.3, -0.25) is 0 Å². The molecule has 1 aromatic carbocycles. The van der Waals surface area contributed by atoms with Gasteiger partial charge in [0.05, 0.1) is 0 Å². The second-order valence-corrected chi connectivity index (χ2v) is 11.9. The Balaban J connectivity index is 1.37. The lowest BCUT2D eigenvalue weighted by molar-refractivity contribution is 0.248. The van der Waals surface area contributed by atoms with E-state index in [1.807, 2.05) is 12.1 Å². The molecule has 0 radical (unpaired) electrons. The van der Waals surface area contributed by atoms with Crippen molar-refractivity contribution in [2.45, 2.75) is 142 Å². The molecule has 0 nitrogen and oxygen atoms in total. The van der Waals surface area contributed by atoms with Gasteiger partial charge in [-0.1, -0.05) is 129 Å². The first-order valence-corrected chi connectivity index (χ1v) is 15.1. The number of halogens is 2. The summed E-state index contributed by atoms with van der Waals surface area (Å²) < 4.78 is 29.7. The molecule has 2 heteroatoms. The monoisotopic (exact) mass is 474 g/mol. The molecule has 0 saturated heterocycles. The fraction of sp³-hybridized carbons (Fsp3) is 0.812. The summed E-state index contributed by atoms with van der Waals surface area (Å²) >= 11 is 0. The lowest BCUT2D eigenvalue weighted by Gasteiger charge is -2.29. The number of hydrogen-bond acceptors (Lipinski definition) is 0. The van der Waals surface area contributed by atoms with Crippen LogP contribution in [0.4, 0.5) is 8.78 Å². The highest BCUT2D eigenvalue weighted by Crippen LogP contribution is 2.36. The normalized spacial score (nSPS) is 25.5. The number of benzene rings is 1. The van der Waals surface area contributed by atoms with Crippen LogP contribution < -0.4 is 0 Å². The number of rotatable bonds is 14. The van der Waals surface area contributed by atoms with Crippen LogP contribution in [0.1, 0.15) is 141 Å². The van der Waals surface area contributed by atoms with Gasteiger partial charge >= 0.3 is 0 Å². The Morgan fingerprint density at radius 1 is 0.529 bits per heavy atom. The Morgan fingerprint density at radius 3 is 1.18 bits per heavy atom. The molecule has 0 atom stereocenters. The van der Waals surface area contributed by atoms with Crippen molar-refractivity contribution < 1.29 is 8.78 Å². The summed E-state index contributed by atoms with van der Waals surface area (Å²) in [5.41, 5.74) is 1.19. The van der Waals surface area contributed by atoms with E-state index in [2.05, 4.69) is 13.8 Å². The van der Waals surface area contributed by atoms with E-state index in [1.54, 1.807) is 0 Å². The van der Waals surface area contributed by atoms with Crippen molar-refractivity contribution >= 4 is 0 Å². The summed E-state index contributed by atoms with van der Waals surface area (Å²) in [6.45, 7) is 4.54. The van der Waals surface area contributed by atoms with Crippen LogP contribution in [0.25, 0.3) is 0 Å². The molecule has 0 N–H and O–H groups in total. The molecule has 0 heterocycles. The fourth-order valence-electron chi connectivity index (χ4n) is 6.72. The molecule has 34 heavy (non-hydrogen) atoms. The molecule has 0 unspecified atom stereocenters. The van der Waals surface area contributed by atoms with Gasteiger partial charge in [0, 0.05) is 0 Å². The number of unbranched alkanes of at least 4 members (excludes halogenated alkanes) is 4. The molecule has 3 rings (SSSR count). The van der Waals surface area contributed by atoms with Crippen LogP contribution in [0.15, 0.2) is 12.1 Å². The lowest BCUT2D eigenvalue weighted by Crippen LogP contribution is -2.16. The quantitative estimate of drug-likeness (QED) is 0.235. The SMILES string of the molecule is CCCCCC1CCC(CCc2ccc(CCC3CCC(CCCCC)CC3)c(F)c2F)CC1. The zero-order valence-corrected chi connectivity index (χ0v) is 22.4. The summed E-state index contributed by atoms with van der Waals surface area (Å²) in [5, 5.41) is 0. The average Bonchev–Trinajstić information content (AvgIpc) is 2.86. The van der Waals surface area contributed by atoms with Crippen molar-refractivity contribution in [3.8, 4) is 0 Å². The predicted octanol–water partition coefficient (Wildman–Crippen LogP) is 10.6. The average molecular weight is 475 g/mol. The van der Waals surface area contributed by atoms with Crippen LogP contribution in [0, 0.1) is 35.3 Å². The molecule has 2 fully saturated rings. The van der Waals surface area contributed by atoms with Crippen molar-refractivity contribution in [1.29, 1.82) is 0 Å². The summed E-state index contributed by atoms with van der Waals surface area (Å²) in [7, 11) is 0. The van der Waals surface area contributed by atoms with Crippen LogP contribution in [-0.2, 0) is 12.8 Å². The minimum Gasteiger partial charge on any atom is -0.203 e. The molecule has 0 spiro atoms. The third kappa shape index (κ3) is 8.94. The molecule has 0 bridgehead atoms. The van der Waals surface area contributed by atoms with Crippen molar-refractivity contribution in [3.05, 3.63) is 34.9 Å². The van der Waals surface area contributed by atoms with Crippen molar-refractivity contribution in [3.63, 3.8) is 0 Å². The van der Waals surface area contributed by atoms with Crippen LogP contribution in [-0.4, -0.2) is 0 Å². The fourth-order valence-corrected chi connectivity index (χ4v) is 6.72. The Bertz CT molecular complexity index is 621. The van der Waals surface area contributed by atoms with E-state index in [1.165, 1.54) is 103 Å². The summed E-state index contributed by atoms with van der Waals surface area (Å²) in [6.07, 6.45) is 24.7. The van der Waals surface area contributed by atoms with Crippen molar-refractivity contribution in [2.24, 2.45) is 23.7 Å². The van der Waals surface area contributed by atoms with E-state index in [4.69, 9.17) is 0 Å². The molecule has 0 aromatic heterocycles. The standard InChI is InChI=1S/C32H52F2/c1-3-5-7-9-25-11-15-27(16-12-25)19-21-29-23-24-30(32(34)31(29)33)22-20-28-17-13-26(14-18-28)10-8-6-4-2/h23-28H,3-22H2,1-2H3. The Hall–Kier alpha value is -0.920. The molecule has 0 aliphatic heterocycles. The van der Waals surface area contributed by atoms with Gasteiger partial charge in [0.25, 0.3) is 0 Å². The second kappa shape index (κ2) is 15.2. The molecule has 2 aliphatic carbocycles. The van der Waals surface area contributed by atoms with E-state index in [9.17, 15) is 8.78 Å². The third-order valence-corrected chi connectivity index (χ3v) is 9.25. The van der Waals surface area contributed by atoms with Gasteiger partial charge in [-0.25, -0.2) is 8.78 Å². The third-order valence-electron chi connectivity index (χ3n) is 9.25. The molecule has 0 amide bonds. The Labute approximate surface area is 209 Å². The van der Waals surface area contributed by atoms with Crippen LogP contribution in [0.3, 0.4) is 0 Å². The minimum atomic E-state index is -0.564. The maximum absolute atomic E-state index is 14.8. The van der Waals surface area contributed by atoms with Crippen LogP contribution in [0.5, 0.6) is 0 Å². The highest BCUT2D eigenvalue weighted by Gasteiger charge is 2.23. The number of aryl methyl sites for hydroxylation is 2. The Morgan fingerprint density at radius 2 is 0.853 bits per heavy atom. The van der Waals surface area contributed by atoms with Gasteiger partial charge in [-0.05, 0) is 60.5 Å². The van der Waals surface area contributed by atoms with Crippen molar-refractivity contribution in [1.82, 2.24) is 0 Å². The maximum atomic E-state index is 14.8. The highest BCUT2D eigenvalue weighted by molar-refractivity contribution is 5.27. The predicted molar refractivity (Wildman–Crippen MR) is 142 cm³/mol. The van der Waals surface area contributed by atoms with Gasteiger partial charge in [0.2, 0.25) is 0 Å². The van der Waals surface area contributed by atoms with E-state index in [0.29, 0.717) is 35.8 Å². The summed E-state index contributed by atoms with van der Waals surface area (Å²) in [5.74, 6) is 2.08. The van der Waals surface area contributed by atoms with Gasteiger partial charge in [-0.15, -0.1) is 0 Å². The van der Waals surface area contributed by atoms with E-state index in [0.717, 1.165) is 24.7 Å². The number of hydrogen-bond donors (Lipinski definition) is 0. The van der Waals surface area contributed by atoms with Crippen LogP contribution >= 0.6 is 0 Å². The van der Waals surface area contributed by atoms with E-state index < -0.39 is 11.6 Å². The first-order chi connectivity index (χ1) is 16.6. The smallest absolute Gasteiger partial charge is 0.162 e. The molecule has 194 valence electrons. The molecule has 1 aromatic rings.